The van der Waals surface area contributed by atoms with Gasteiger partial charge in [-0.05, 0) is 42.5 Å². The average Bonchev–Trinajstić information content (AvgIpc) is 3.21. The molecule has 0 atom stereocenters. The van der Waals surface area contributed by atoms with E-state index in [9.17, 15) is 4.79 Å². The van der Waals surface area contributed by atoms with E-state index < -0.39 is 0 Å². The molecule has 0 bridgehead atoms. The molecule has 2 N–H and O–H groups in total. The molecule has 162 valence electrons. The molecule has 4 heterocycles. The van der Waals surface area contributed by atoms with E-state index in [1.54, 1.807) is 24.5 Å². The van der Waals surface area contributed by atoms with Gasteiger partial charge in [0, 0.05) is 55.7 Å². The second-order valence-corrected chi connectivity index (χ2v) is 7.52. The summed E-state index contributed by atoms with van der Waals surface area (Å²) in [7, 11) is 2.01. The average molecular weight is 429 g/mol. The second kappa shape index (κ2) is 8.64. The highest BCUT2D eigenvalue weighted by Crippen LogP contribution is 2.29. The normalized spacial score (nSPS) is 13.8. The molecule has 0 spiro atoms. The van der Waals surface area contributed by atoms with Gasteiger partial charge in [-0.3, -0.25) is 4.98 Å². The van der Waals surface area contributed by atoms with Crippen LogP contribution >= 0.6 is 0 Å². The van der Waals surface area contributed by atoms with Gasteiger partial charge in [0.05, 0.1) is 18.7 Å². The number of aromatic nitrogens is 4. The number of benzene rings is 1. The van der Waals surface area contributed by atoms with Gasteiger partial charge in [-0.25, -0.2) is 14.8 Å². The van der Waals surface area contributed by atoms with Gasteiger partial charge in [-0.1, -0.05) is 0 Å². The molecule has 3 aromatic heterocycles. The summed E-state index contributed by atoms with van der Waals surface area (Å²) in [4.78, 5) is 28.1. The van der Waals surface area contributed by atoms with Crippen molar-refractivity contribution in [2.24, 2.45) is 7.05 Å². The zero-order valence-electron chi connectivity index (χ0n) is 17.7. The molecule has 0 saturated carbocycles. The highest BCUT2D eigenvalue weighted by molar-refractivity contribution is 5.99. The topological polar surface area (TPSA) is 97.2 Å². The molecule has 2 amide bonds. The second-order valence-electron chi connectivity index (χ2n) is 7.52. The minimum Gasteiger partial charge on any atom is -0.378 e. The number of hydrogen-bond donors (Lipinski definition) is 2. The summed E-state index contributed by atoms with van der Waals surface area (Å²) in [5.74, 6) is 1.57. The lowest BCUT2D eigenvalue weighted by Gasteiger charge is -2.28. The van der Waals surface area contributed by atoms with Crippen molar-refractivity contribution >= 4 is 34.3 Å². The minimum atomic E-state index is -0.319. The van der Waals surface area contributed by atoms with E-state index in [0.717, 1.165) is 35.5 Å². The number of carbonyl (C=O) groups is 1. The number of anilines is 3. The molecule has 4 aromatic rings. The van der Waals surface area contributed by atoms with Crippen LogP contribution in [0.2, 0.25) is 0 Å². The maximum atomic E-state index is 12.2. The maximum Gasteiger partial charge on any atom is 0.323 e. The first-order valence-electron chi connectivity index (χ1n) is 10.4. The number of amides is 2. The molecule has 1 aromatic carbocycles. The fraction of sp³-hybridized carbons (Fsp3) is 0.217. The third kappa shape index (κ3) is 4.10. The number of hydrogen-bond acceptors (Lipinski definition) is 6. The predicted octanol–water partition coefficient (Wildman–Crippen LogP) is 3.51. The summed E-state index contributed by atoms with van der Waals surface area (Å²) in [5, 5.41) is 5.60. The Bertz CT molecular complexity index is 1230. The molecular weight excluding hydrogens is 406 g/mol. The van der Waals surface area contributed by atoms with Crippen LogP contribution in [0.25, 0.3) is 22.4 Å². The van der Waals surface area contributed by atoms with E-state index in [4.69, 9.17) is 14.7 Å². The van der Waals surface area contributed by atoms with Crippen LogP contribution < -0.4 is 15.5 Å². The first-order valence-corrected chi connectivity index (χ1v) is 10.4. The molecule has 9 heteroatoms. The Morgan fingerprint density at radius 1 is 0.938 bits per heavy atom. The number of nitrogens with zero attached hydrogens (tertiary/aromatic N) is 5. The molecular formula is C23H23N7O2. The summed E-state index contributed by atoms with van der Waals surface area (Å²) in [6, 6.07) is 12.6. The van der Waals surface area contributed by atoms with Crippen LogP contribution in [0.1, 0.15) is 0 Å². The third-order valence-electron chi connectivity index (χ3n) is 5.35. The predicted molar refractivity (Wildman–Crippen MR) is 124 cm³/mol. The summed E-state index contributed by atoms with van der Waals surface area (Å²) in [6.45, 7) is 2.97. The number of fused-ring (bicyclic) bond motifs is 1. The molecule has 5 rings (SSSR count). The summed E-state index contributed by atoms with van der Waals surface area (Å²) < 4.78 is 7.56. The van der Waals surface area contributed by atoms with Gasteiger partial charge >= 0.3 is 6.03 Å². The lowest BCUT2D eigenvalue weighted by Crippen LogP contribution is -2.37. The molecule has 0 aliphatic carbocycles. The summed E-state index contributed by atoms with van der Waals surface area (Å²) >= 11 is 0. The van der Waals surface area contributed by atoms with E-state index in [-0.39, 0.29) is 6.03 Å². The molecule has 1 aliphatic heterocycles. The number of morpholine rings is 1. The van der Waals surface area contributed by atoms with Crippen LogP contribution in [-0.2, 0) is 11.8 Å². The van der Waals surface area contributed by atoms with Gasteiger partial charge in [0.15, 0.2) is 11.6 Å². The van der Waals surface area contributed by atoms with E-state index >= 15 is 0 Å². The number of rotatable bonds is 4. The smallest absolute Gasteiger partial charge is 0.323 e. The summed E-state index contributed by atoms with van der Waals surface area (Å²) in [5.41, 5.74) is 4.15. The van der Waals surface area contributed by atoms with Crippen molar-refractivity contribution in [1.82, 2.24) is 19.5 Å². The maximum absolute atomic E-state index is 12.2. The Kier molecular flexibility index (Phi) is 5.39. The standard InChI is InChI=1S/C23H23N7O2/c1-29-11-8-19-20(29)22(30-12-14-32-15-13-30)28-21(27-19)16-2-4-17(5-3-16)25-23(31)26-18-6-9-24-10-7-18/h2-11H,12-15H2,1H3,(H2,24,25,26,31). The van der Waals surface area contributed by atoms with E-state index in [1.165, 1.54) is 0 Å². The van der Waals surface area contributed by atoms with Crippen LogP contribution in [-0.4, -0.2) is 51.9 Å². The van der Waals surface area contributed by atoms with E-state index in [1.807, 2.05) is 43.6 Å². The lowest BCUT2D eigenvalue weighted by atomic mass is 10.2. The Morgan fingerprint density at radius 2 is 1.62 bits per heavy atom. The van der Waals surface area contributed by atoms with Crippen LogP contribution in [0.3, 0.4) is 0 Å². The van der Waals surface area contributed by atoms with Crippen molar-refractivity contribution in [1.29, 1.82) is 0 Å². The van der Waals surface area contributed by atoms with Gasteiger partial charge in [0.25, 0.3) is 0 Å². The minimum absolute atomic E-state index is 0.319. The zero-order chi connectivity index (χ0) is 21.9. The van der Waals surface area contributed by atoms with Crippen LogP contribution in [0.5, 0.6) is 0 Å². The van der Waals surface area contributed by atoms with Gasteiger partial charge in [0.2, 0.25) is 0 Å². The van der Waals surface area contributed by atoms with Crippen molar-refractivity contribution in [3.63, 3.8) is 0 Å². The van der Waals surface area contributed by atoms with Crippen molar-refractivity contribution in [2.45, 2.75) is 0 Å². The first-order chi connectivity index (χ1) is 15.7. The molecule has 32 heavy (non-hydrogen) atoms. The van der Waals surface area contributed by atoms with Gasteiger partial charge in [-0.15, -0.1) is 0 Å². The Hall–Kier alpha value is -3.98. The lowest BCUT2D eigenvalue weighted by molar-refractivity contribution is 0.122. The molecule has 9 nitrogen and oxygen atoms in total. The molecule has 0 unspecified atom stereocenters. The molecule has 1 fully saturated rings. The number of pyridine rings is 1. The van der Waals surface area contributed by atoms with Gasteiger partial charge in [-0.2, -0.15) is 0 Å². The van der Waals surface area contributed by atoms with Crippen molar-refractivity contribution in [2.75, 3.05) is 41.8 Å². The van der Waals surface area contributed by atoms with Crippen LogP contribution in [0.15, 0.2) is 61.1 Å². The van der Waals surface area contributed by atoms with Crippen molar-refractivity contribution in [3.05, 3.63) is 61.1 Å². The quantitative estimate of drug-likeness (QED) is 0.515. The number of nitrogens with one attached hydrogen (secondary N) is 2. The fourth-order valence-electron chi connectivity index (χ4n) is 3.73. The van der Waals surface area contributed by atoms with Gasteiger partial charge < -0.3 is 24.8 Å². The number of ether oxygens (including phenoxy) is 1. The number of urea groups is 1. The van der Waals surface area contributed by atoms with Crippen molar-refractivity contribution < 1.29 is 9.53 Å². The molecule has 1 saturated heterocycles. The molecule has 1 aliphatic rings. The number of carbonyl (C=O) groups excluding carboxylic acids is 1. The first kappa shape index (κ1) is 20.0. The third-order valence-corrected chi connectivity index (χ3v) is 5.35. The number of aryl methyl sites for hydroxylation is 1. The Morgan fingerprint density at radius 3 is 2.34 bits per heavy atom. The van der Waals surface area contributed by atoms with E-state index in [2.05, 4.69) is 25.1 Å². The molecule has 0 radical (unpaired) electrons. The Balaban J connectivity index is 1.39. The SMILES string of the molecule is Cn1ccc2nc(-c3ccc(NC(=O)Nc4ccncc4)cc3)nc(N3CCOCC3)c21. The monoisotopic (exact) mass is 429 g/mol. The zero-order valence-corrected chi connectivity index (χ0v) is 17.7. The highest BCUT2D eigenvalue weighted by Gasteiger charge is 2.20. The summed E-state index contributed by atoms with van der Waals surface area (Å²) in [6.07, 6.45) is 5.25. The van der Waals surface area contributed by atoms with E-state index in [0.29, 0.717) is 30.4 Å². The van der Waals surface area contributed by atoms with Crippen LogP contribution in [0, 0.1) is 0 Å². The Labute approximate surface area is 185 Å². The van der Waals surface area contributed by atoms with Gasteiger partial charge in [0.1, 0.15) is 5.52 Å². The van der Waals surface area contributed by atoms with Crippen molar-refractivity contribution in [3.8, 4) is 11.4 Å². The highest BCUT2D eigenvalue weighted by atomic mass is 16.5. The largest absolute Gasteiger partial charge is 0.378 e. The fourth-order valence-corrected chi connectivity index (χ4v) is 3.73. The van der Waals surface area contributed by atoms with Crippen LogP contribution in [0.4, 0.5) is 22.0 Å².